The van der Waals surface area contributed by atoms with Gasteiger partial charge in [-0.15, -0.1) is 0 Å². The fourth-order valence-corrected chi connectivity index (χ4v) is 0.319. The zero-order valence-electron chi connectivity index (χ0n) is 8.28. The van der Waals surface area contributed by atoms with E-state index in [4.69, 9.17) is 5.41 Å². The van der Waals surface area contributed by atoms with Crippen LogP contribution in [0.4, 0.5) is 0 Å². The topological polar surface area (TPSA) is 35.9 Å². The van der Waals surface area contributed by atoms with Gasteiger partial charge in [-0.1, -0.05) is 34.3 Å². The van der Waals surface area contributed by atoms with Crippen LogP contribution in [0.25, 0.3) is 0 Å². The standard InChI is InChI=1S/C6H13N.C2H6.CH3N/c1-4-7-5-6(2)3;2*1-2/h4,6-7H,1,5H2,2-3H3;1-2H3;2H,1H2. The zero-order chi connectivity index (χ0) is 9.70. The van der Waals surface area contributed by atoms with Crippen molar-refractivity contribution in [2.75, 3.05) is 6.54 Å². The van der Waals surface area contributed by atoms with Crippen molar-refractivity contribution in [3.8, 4) is 0 Å². The van der Waals surface area contributed by atoms with Crippen molar-refractivity contribution in [3.63, 3.8) is 0 Å². The van der Waals surface area contributed by atoms with Crippen LogP contribution >= 0.6 is 0 Å². The molecule has 0 aromatic heterocycles. The summed E-state index contributed by atoms with van der Waals surface area (Å²) < 4.78 is 0. The molecule has 0 aliphatic heterocycles. The Bertz CT molecular complexity index is 60.6. The van der Waals surface area contributed by atoms with Gasteiger partial charge in [0.2, 0.25) is 0 Å². The molecule has 0 saturated heterocycles. The largest absolute Gasteiger partial charge is 0.391 e. The summed E-state index contributed by atoms with van der Waals surface area (Å²) in [7, 11) is 0. The highest BCUT2D eigenvalue weighted by Crippen LogP contribution is 1.85. The highest BCUT2D eigenvalue weighted by Gasteiger charge is 1.85. The van der Waals surface area contributed by atoms with Crippen molar-refractivity contribution in [1.82, 2.24) is 5.32 Å². The quantitative estimate of drug-likeness (QED) is 0.609. The van der Waals surface area contributed by atoms with E-state index in [1.165, 1.54) is 0 Å². The fourth-order valence-electron chi connectivity index (χ4n) is 0.319. The van der Waals surface area contributed by atoms with E-state index in [1.54, 1.807) is 6.20 Å². The van der Waals surface area contributed by atoms with E-state index < -0.39 is 0 Å². The third-order valence-electron chi connectivity index (χ3n) is 0.670. The highest BCUT2D eigenvalue weighted by molar-refractivity contribution is 5.15. The van der Waals surface area contributed by atoms with E-state index in [2.05, 4.69) is 32.5 Å². The van der Waals surface area contributed by atoms with Crippen LogP contribution in [-0.4, -0.2) is 13.3 Å². The molecule has 0 aromatic rings. The molecule has 2 heteroatoms. The number of nitrogens with one attached hydrogen (secondary N) is 2. The number of rotatable bonds is 3. The average Bonchev–Trinajstić information content (AvgIpc) is 2.08. The lowest BCUT2D eigenvalue weighted by atomic mass is 10.2. The van der Waals surface area contributed by atoms with Gasteiger partial charge >= 0.3 is 0 Å². The van der Waals surface area contributed by atoms with Gasteiger partial charge in [0.05, 0.1) is 0 Å². The van der Waals surface area contributed by atoms with Crippen molar-refractivity contribution in [2.45, 2.75) is 27.7 Å². The van der Waals surface area contributed by atoms with Gasteiger partial charge < -0.3 is 10.7 Å². The first-order valence-corrected chi connectivity index (χ1v) is 3.97. The first-order chi connectivity index (χ1) is 5.27. The van der Waals surface area contributed by atoms with Crippen molar-refractivity contribution in [3.05, 3.63) is 12.8 Å². The monoisotopic (exact) mass is 158 g/mol. The Labute approximate surface area is 71.2 Å². The van der Waals surface area contributed by atoms with Gasteiger partial charge in [0.25, 0.3) is 0 Å². The third-order valence-corrected chi connectivity index (χ3v) is 0.670. The van der Waals surface area contributed by atoms with Crippen LogP contribution in [0.15, 0.2) is 12.8 Å². The summed E-state index contributed by atoms with van der Waals surface area (Å²) >= 11 is 0. The van der Waals surface area contributed by atoms with Gasteiger partial charge in [-0.25, -0.2) is 0 Å². The molecule has 0 amide bonds. The summed E-state index contributed by atoms with van der Waals surface area (Å²) in [6, 6.07) is 0. The molecule has 68 valence electrons. The molecule has 0 aromatic carbocycles. The van der Waals surface area contributed by atoms with Crippen molar-refractivity contribution >= 4 is 6.72 Å². The maximum Gasteiger partial charge on any atom is 0.0164 e. The van der Waals surface area contributed by atoms with Gasteiger partial charge in [0.1, 0.15) is 0 Å². The average molecular weight is 158 g/mol. The molecular weight excluding hydrogens is 136 g/mol. The molecular formula is C9H22N2. The predicted octanol–water partition coefficient (Wildman–Crippen LogP) is 2.67. The highest BCUT2D eigenvalue weighted by atomic mass is 14.8. The lowest BCUT2D eigenvalue weighted by Crippen LogP contribution is -2.11. The molecule has 11 heavy (non-hydrogen) atoms. The molecule has 0 aliphatic carbocycles. The Kier molecular flexibility index (Phi) is 34.6. The Morgan fingerprint density at radius 3 is 1.82 bits per heavy atom. The SMILES string of the molecule is C=CNCC(C)C.C=N.CC. The lowest BCUT2D eigenvalue weighted by molar-refractivity contribution is 0.612. The molecule has 0 aliphatic rings. The maximum absolute atomic E-state index is 5.50. The van der Waals surface area contributed by atoms with Crippen LogP contribution in [0, 0.1) is 11.3 Å². The van der Waals surface area contributed by atoms with Crippen LogP contribution in [0.2, 0.25) is 0 Å². The van der Waals surface area contributed by atoms with Gasteiger partial charge in [-0.05, 0) is 18.8 Å². The second kappa shape index (κ2) is 22.9. The van der Waals surface area contributed by atoms with Crippen LogP contribution in [-0.2, 0) is 0 Å². The molecule has 2 N–H and O–H groups in total. The molecule has 0 atom stereocenters. The van der Waals surface area contributed by atoms with Gasteiger partial charge in [0.15, 0.2) is 0 Å². The summed E-state index contributed by atoms with van der Waals surface area (Å²) in [4.78, 5) is 0. The Morgan fingerprint density at radius 2 is 1.73 bits per heavy atom. The smallest absolute Gasteiger partial charge is 0.0164 e. The van der Waals surface area contributed by atoms with E-state index in [9.17, 15) is 0 Å². The minimum atomic E-state index is 0.720. The third kappa shape index (κ3) is 46.5. The zero-order valence-corrected chi connectivity index (χ0v) is 8.28. The van der Waals surface area contributed by atoms with E-state index in [0.29, 0.717) is 0 Å². The van der Waals surface area contributed by atoms with Crippen LogP contribution in [0.1, 0.15) is 27.7 Å². The maximum atomic E-state index is 5.50. The normalized spacial score (nSPS) is 6.64. The van der Waals surface area contributed by atoms with Crippen LogP contribution in [0.5, 0.6) is 0 Å². The fraction of sp³-hybridized carbons (Fsp3) is 0.667. The van der Waals surface area contributed by atoms with Crippen LogP contribution < -0.4 is 5.32 Å². The molecule has 0 saturated carbocycles. The molecule has 0 spiro atoms. The Morgan fingerprint density at radius 1 is 1.36 bits per heavy atom. The minimum Gasteiger partial charge on any atom is -0.391 e. The van der Waals surface area contributed by atoms with E-state index in [-0.39, 0.29) is 0 Å². The molecule has 0 radical (unpaired) electrons. The minimum absolute atomic E-state index is 0.720. The Balaban J connectivity index is -0.000000138. The van der Waals surface area contributed by atoms with Crippen molar-refractivity contribution in [1.29, 1.82) is 5.41 Å². The second-order valence-corrected chi connectivity index (χ2v) is 2.01. The van der Waals surface area contributed by atoms with E-state index in [1.807, 2.05) is 13.8 Å². The molecule has 0 rings (SSSR count). The summed E-state index contributed by atoms with van der Waals surface area (Å²) in [6.07, 6.45) is 1.72. The number of hydrogen-bond acceptors (Lipinski definition) is 2. The summed E-state index contributed by atoms with van der Waals surface area (Å²) in [6.45, 7) is 15.4. The molecule has 2 nitrogen and oxygen atoms in total. The summed E-state index contributed by atoms with van der Waals surface area (Å²) in [5.74, 6) is 0.720. The molecule has 0 heterocycles. The van der Waals surface area contributed by atoms with E-state index >= 15 is 0 Å². The second-order valence-electron chi connectivity index (χ2n) is 2.01. The summed E-state index contributed by atoms with van der Waals surface area (Å²) in [5, 5.41) is 8.51. The Hall–Kier alpha value is -0.790. The van der Waals surface area contributed by atoms with Crippen molar-refractivity contribution in [2.24, 2.45) is 5.92 Å². The number of hydrogen-bond donors (Lipinski definition) is 2. The van der Waals surface area contributed by atoms with Gasteiger partial charge in [0, 0.05) is 6.54 Å². The van der Waals surface area contributed by atoms with Gasteiger partial charge in [-0.2, -0.15) is 0 Å². The molecule has 0 fully saturated rings. The van der Waals surface area contributed by atoms with Gasteiger partial charge in [-0.3, -0.25) is 0 Å². The molecule has 0 unspecified atom stereocenters. The van der Waals surface area contributed by atoms with Crippen LogP contribution in [0.3, 0.4) is 0 Å². The van der Waals surface area contributed by atoms with Crippen molar-refractivity contribution < 1.29 is 0 Å². The lowest BCUT2D eigenvalue weighted by Gasteiger charge is -2.00. The molecule has 0 bridgehead atoms. The predicted molar refractivity (Wildman–Crippen MR) is 54.2 cm³/mol. The first-order valence-electron chi connectivity index (χ1n) is 3.97. The summed E-state index contributed by atoms with van der Waals surface area (Å²) in [5.41, 5.74) is 0. The first kappa shape index (κ1) is 16.7. The van der Waals surface area contributed by atoms with E-state index in [0.717, 1.165) is 12.5 Å².